The van der Waals surface area contributed by atoms with E-state index in [1.54, 1.807) is 110 Å². The minimum Gasteiger partial charge on any atom is -0.383 e. The first-order chi connectivity index (χ1) is 51.0. The minimum atomic E-state index is -0.678. The predicted molar refractivity (Wildman–Crippen MR) is 416 cm³/mol. The molecular formula is C77H82N20O6S3. The molecule has 544 valence electrons. The number of anilines is 6. The molecule has 3 saturated heterocycles. The van der Waals surface area contributed by atoms with Gasteiger partial charge in [0.05, 0.1) is 97.0 Å². The number of aromatic nitrogens is 11. The number of nitrogens with two attached hydrogens (primary N) is 3. The molecule has 0 bridgehead atoms. The van der Waals surface area contributed by atoms with Crippen LogP contribution in [-0.4, -0.2) is 124 Å². The number of benzene rings is 3. The number of carbonyl (C=O) groups is 6. The molecule has 0 unspecified atom stereocenters. The van der Waals surface area contributed by atoms with E-state index in [2.05, 4.69) is 72.8 Å². The number of piperidine rings is 3. The van der Waals surface area contributed by atoms with Crippen molar-refractivity contribution in [3.05, 3.63) is 174 Å². The number of aryl methyl sites for hydroxylation is 5. The number of thiazole rings is 3. The van der Waals surface area contributed by atoms with Crippen molar-refractivity contribution in [3.63, 3.8) is 0 Å². The highest BCUT2D eigenvalue weighted by Crippen LogP contribution is 2.41. The molecule has 3 fully saturated rings. The lowest BCUT2D eigenvalue weighted by molar-refractivity contribution is -0.146. The van der Waals surface area contributed by atoms with Gasteiger partial charge < -0.3 is 52.4 Å². The average molecular weight is 1480 g/mol. The lowest BCUT2D eigenvalue weighted by atomic mass is 9.89. The molecule has 26 nitrogen and oxygen atoms in total. The predicted octanol–water partition coefficient (Wildman–Crippen LogP) is 12.7. The second-order valence-corrected chi connectivity index (χ2v) is 30.7. The first-order valence-electron chi connectivity index (χ1n) is 35.1. The molecule has 15 rings (SSSR count). The maximum Gasteiger partial charge on any atom is 0.313 e. The highest BCUT2D eigenvalue weighted by molar-refractivity contribution is 7.22. The van der Waals surface area contributed by atoms with Gasteiger partial charge in [-0.3, -0.25) is 38.4 Å². The monoisotopic (exact) mass is 1480 g/mol. The smallest absolute Gasteiger partial charge is 0.313 e. The van der Waals surface area contributed by atoms with Crippen molar-refractivity contribution in [2.45, 2.75) is 105 Å². The molecule has 0 spiro atoms. The second kappa shape index (κ2) is 31.5. The molecule has 6 amide bonds. The molecule has 12 heterocycles. The number of amides is 6. The van der Waals surface area contributed by atoms with Gasteiger partial charge in [0.2, 0.25) is 0 Å². The first-order valence-corrected chi connectivity index (χ1v) is 37.6. The molecule has 3 aliphatic heterocycles. The van der Waals surface area contributed by atoms with E-state index < -0.39 is 35.4 Å². The van der Waals surface area contributed by atoms with Crippen LogP contribution in [0.3, 0.4) is 0 Å². The van der Waals surface area contributed by atoms with E-state index in [0.29, 0.717) is 78.3 Å². The molecule has 9 aromatic heterocycles. The zero-order chi connectivity index (χ0) is 74.6. The molecule has 3 aromatic carbocycles. The van der Waals surface area contributed by atoms with Crippen LogP contribution < -0.4 is 33.2 Å². The normalized spacial score (nSPS) is 18.0. The van der Waals surface area contributed by atoms with Gasteiger partial charge in [-0.2, -0.15) is 5.10 Å². The highest BCUT2D eigenvalue weighted by Gasteiger charge is 2.38. The number of hydrogen-bond acceptors (Lipinski definition) is 21. The van der Waals surface area contributed by atoms with Crippen LogP contribution in [0.2, 0.25) is 0 Å². The van der Waals surface area contributed by atoms with Crippen LogP contribution in [-0.2, 0) is 49.3 Å². The molecule has 6 atom stereocenters. The summed E-state index contributed by atoms with van der Waals surface area (Å²) in [6, 6.07) is 26.9. The Labute approximate surface area is 623 Å². The fraction of sp³-hybridized carbons (Fsp3) is 0.312. The topological polar surface area (TPSA) is 352 Å². The van der Waals surface area contributed by atoms with E-state index in [0.717, 1.165) is 134 Å². The third-order valence-corrected chi connectivity index (χ3v) is 22.6. The SMILES string of the molecule is CCc1cc(NC(=O)C(=O)N2C[C@@H](C)CC[C@@H]2c2ccc3sc(-c4cccnc4)nc3c2)cnc1N.Cc1cc(NC(=O)C(=O)N2C[C@@H](C)CC[C@@H]2c2ccc3sc(-c4cn(C)cn4)nc3c2)cnc1N.Cc1cc(NC(=O)C(=O)N2C[C@@H](C)CC[C@@H]2c2ccc3sc(-c4cnn(C)c4)nc3c2)cnc1N. The number of rotatable bonds is 10. The summed E-state index contributed by atoms with van der Waals surface area (Å²) in [5.41, 5.74) is 29.4. The Balaban J connectivity index is 0.000000141. The van der Waals surface area contributed by atoms with Crippen molar-refractivity contribution in [1.29, 1.82) is 0 Å². The maximum atomic E-state index is 13.4. The molecule has 0 saturated carbocycles. The van der Waals surface area contributed by atoms with E-state index in [1.165, 1.54) is 18.6 Å². The van der Waals surface area contributed by atoms with E-state index in [4.69, 9.17) is 32.2 Å². The van der Waals surface area contributed by atoms with Gasteiger partial charge >= 0.3 is 35.4 Å². The van der Waals surface area contributed by atoms with Crippen molar-refractivity contribution < 1.29 is 28.8 Å². The second-order valence-electron chi connectivity index (χ2n) is 27.6. The largest absolute Gasteiger partial charge is 0.383 e. The van der Waals surface area contributed by atoms with Crippen LogP contribution in [0.5, 0.6) is 0 Å². The average Bonchev–Trinajstić information content (AvgIpc) is 1.49. The van der Waals surface area contributed by atoms with E-state index in [-0.39, 0.29) is 18.1 Å². The molecule has 9 N–H and O–H groups in total. The third-order valence-electron chi connectivity index (χ3n) is 19.4. The fourth-order valence-electron chi connectivity index (χ4n) is 13.7. The summed E-state index contributed by atoms with van der Waals surface area (Å²) in [5.74, 6) is -1.54. The summed E-state index contributed by atoms with van der Waals surface area (Å²) in [6.07, 6.45) is 21.4. The Morgan fingerprint density at radius 1 is 0.491 bits per heavy atom. The van der Waals surface area contributed by atoms with Gasteiger partial charge in [-0.25, -0.2) is 34.9 Å². The lowest BCUT2D eigenvalue weighted by Crippen LogP contribution is -2.46. The number of carbonyl (C=O) groups excluding carboxylic acids is 6. The van der Waals surface area contributed by atoms with Gasteiger partial charge in [-0.15, -0.1) is 34.0 Å². The van der Waals surface area contributed by atoms with E-state index in [9.17, 15) is 28.8 Å². The maximum absolute atomic E-state index is 13.4. The van der Waals surface area contributed by atoms with Gasteiger partial charge in [0.15, 0.2) is 0 Å². The summed E-state index contributed by atoms with van der Waals surface area (Å²) in [6.45, 7) is 13.4. The van der Waals surface area contributed by atoms with Crippen molar-refractivity contribution in [2.24, 2.45) is 31.8 Å². The summed E-state index contributed by atoms with van der Waals surface area (Å²) in [5, 5.41) is 15.0. The zero-order valence-corrected chi connectivity index (χ0v) is 62.4. The van der Waals surface area contributed by atoms with Crippen molar-refractivity contribution in [2.75, 3.05) is 52.8 Å². The molecule has 3 aliphatic rings. The number of likely N-dealkylation sites (tertiary alicyclic amines) is 3. The Hall–Kier alpha value is -11.4. The third kappa shape index (κ3) is 16.4. The van der Waals surface area contributed by atoms with Gasteiger partial charge in [-0.05, 0) is 177 Å². The van der Waals surface area contributed by atoms with Gasteiger partial charge in [0.1, 0.15) is 38.2 Å². The Kier molecular flexibility index (Phi) is 21.7. The number of nitrogen functional groups attached to an aromatic ring is 3. The van der Waals surface area contributed by atoms with Gasteiger partial charge in [0, 0.05) is 69.6 Å². The number of imidazole rings is 1. The van der Waals surface area contributed by atoms with Crippen LogP contribution in [0.25, 0.3) is 62.5 Å². The lowest BCUT2D eigenvalue weighted by Gasteiger charge is -2.38. The molecule has 0 radical (unpaired) electrons. The Morgan fingerprint density at radius 2 is 0.915 bits per heavy atom. The van der Waals surface area contributed by atoms with Crippen LogP contribution in [0.1, 0.15) is 118 Å². The summed E-state index contributed by atoms with van der Waals surface area (Å²) < 4.78 is 6.84. The summed E-state index contributed by atoms with van der Waals surface area (Å²) in [7, 11) is 3.81. The highest BCUT2D eigenvalue weighted by atomic mass is 32.1. The van der Waals surface area contributed by atoms with Gasteiger partial charge in [0.25, 0.3) is 0 Å². The molecule has 0 aliphatic carbocycles. The Bertz CT molecular complexity index is 5090. The minimum absolute atomic E-state index is 0.191. The number of pyridine rings is 4. The van der Waals surface area contributed by atoms with Crippen molar-refractivity contribution in [1.82, 2.24) is 68.9 Å². The molecule has 29 heteroatoms. The van der Waals surface area contributed by atoms with Gasteiger partial charge in [-0.1, -0.05) is 45.9 Å². The Morgan fingerprint density at radius 3 is 1.31 bits per heavy atom. The standard InChI is InChI=1S/C27H28N6O2S.2C25H27N7O2S/c1-3-17-11-20(14-30-24(17)28)31-25(34)27(35)33-15-16(2)6-8-22(33)18-7-9-23-21(12-18)32-26(36-23)19-5-4-10-29-13-19;1-14-4-6-20(32(12-14)25(34)23(33)29-18-8-15(2)22(26)27-11-18)16-5-7-21-19(9-16)30-24(35-21)17-10-28-31(3)13-17;1-14-4-6-20(32(11-14)25(34)23(33)29-17-8-15(2)22(26)27-10-17)16-5-7-21-18(9-16)30-24(35-21)19-12-31(3)13-28-19/h4-5,7,9-14,16,22H,3,6,8,15H2,1-2H3,(H2,28,30)(H,31,34);5,7-11,13-14,20H,4,6,12H2,1-3H3,(H2,26,27)(H,29,33);5,7-10,12-14,20H,4,6,11H2,1-3H3,(H2,26,27)(H,29,33)/t16-,22+;2*14-,20+/m000/s1. The molecule has 12 aromatic rings. The first kappa shape index (κ1) is 72.9. The van der Waals surface area contributed by atoms with Crippen LogP contribution >= 0.6 is 34.0 Å². The number of hydrogen-bond donors (Lipinski definition) is 6. The number of nitrogens with one attached hydrogen (secondary N) is 3. The van der Waals surface area contributed by atoms with Crippen LogP contribution in [0.4, 0.5) is 34.5 Å². The van der Waals surface area contributed by atoms with Crippen molar-refractivity contribution >= 4 is 135 Å². The van der Waals surface area contributed by atoms with E-state index in [1.807, 2.05) is 98.6 Å². The molecular weight excluding hydrogens is 1400 g/mol. The molecule has 106 heavy (non-hydrogen) atoms. The zero-order valence-electron chi connectivity index (χ0n) is 60.0. The van der Waals surface area contributed by atoms with Crippen LogP contribution in [0.15, 0.2) is 141 Å². The number of fused-ring (bicyclic) bond motifs is 3. The fourth-order valence-corrected chi connectivity index (χ4v) is 16.4. The van der Waals surface area contributed by atoms with Crippen molar-refractivity contribution in [3.8, 4) is 31.8 Å². The van der Waals surface area contributed by atoms with E-state index >= 15 is 0 Å². The van der Waals surface area contributed by atoms with Crippen LogP contribution in [0, 0.1) is 31.6 Å². The summed E-state index contributed by atoms with van der Waals surface area (Å²) in [4.78, 5) is 119. The number of nitrogens with zero attached hydrogens (tertiary/aromatic N) is 14. The quantitative estimate of drug-likeness (QED) is 0.0693. The summed E-state index contributed by atoms with van der Waals surface area (Å²) >= 11 is 4.81.